The van der Waals surface area contributed by atoms with E-state index >= 15 is 0 Å². The zero-order valence-electron chi connectivity index (χ0n) is 40.7. The Hall–Kier alpha value is -3.15. The van der Waals surface area contributed by atoms with E-state index in [2.05, 4.69) is 129 Å². The van der Waals surface area contributed by atoms with Crippen LogP contribution in [-0.4, -0.2) is 87.5 Å². The molecule has 1 aliphatic rings. The number of carbonyl (C=O) groups excluding carboxylic acids is 1. The number of unbranched alkanes of at least 4 members (excludes halogenated alkanes) is 13. The number of allylic oxidation sites excluding steroid dienone is 18. The van der Waals surface area contributed by atoms with E-state index in [-0.39, 0.29) is 12.5 Å². The van der Waals surface area contributed by atoms with Gasteiger partial charge in [-0.15, -0.1) is 0 Å². The molecule has 6 N–H and O–H groups in total. The van der Waals surface area contributed by atoms with Gasteiger partial charge in [-0.2, -0.15) is 0 Å². The van der Waals surface area contributed by atoms with Crippen molar-refractivity contribution in [2.45, 2.75) is 224 Å². The standard InChI is InChI=1S/C56H93NO8/c1-3-5-7-9-11-13-14-15-16-17-18-19-20-21-22-23-24-25-26-27-28-29-30-31-32-33-34-35-36-38-40-42-44-46-52(60)57-49(50(59)45-43-41-39-37-12-10-8-6-4-2)48-64-56-55(63)54(62)53(61)51(47-58)65-56/h5,7,11,13,15-16,18-19,21-22,24-25,27-28,30-31,33-34,49-51,53-56,58-59,61-63H,3-4,6,8-10,12,14,17,20,23,26,29,32,35-48H2,1-2H3,(H,57,60)/b7-5-,13-11-,16-15-,19-18-,22-21-,25-24-,28-27-,31-30-,34-33-. The van der Waals surface area contributed by atoms with Gasteiger partial charge in [0.15, 0.2) is 6.29 Å². The van der Waals surface area contributed by atoms with Crippen molar-refractivity contribution in [1.82, 2.24) is 5.32 Å². The number of ether oxygens (including phenoxy) is 2. The van der Waals surface area contributed by atoms with Crippen LogP contribution in [0.2, 0.25) is 0 Å². The molecule has 1 amide bonds. The van der Waals surface area contributed by atoms with Gasteiger partial charge in [0.2, 0.25) is 5.91 Å². The highest BCUT2D eigenvalue weighted by Crippen LogP contribution is 2.23. The van der Waals surface area contributed by atoms with E-state index < -0.39 is 49.5 Å². The summed E-state index contributed by atoms with van der Waals surface area (Å²) < 4.78 is 11.2. The van der Waals surface area contributed by atoms with E-state index in [0.717, 1.165) is 116 Å². The molecule has 0 aromatic rings. The monoisotopic (exact) mass is 908 g/mol. The molecule has 0 aliphatic carbocycles. The molecule has 1 aliphatic heterocycles. The van der Waals surface area contributed by atoms with Crippen molar-refractivity contribution in [2.24, 2.45) is 0 Å². The van der Waals surface area contributed by atoms with Crippen LogP contribution in [0, 0.1) is 0 Å². The summed E-state index contributed by atoms with van der Waals surface area (Å²) in [4.78, 5) is 13.0. The number of carbonyl (C=O) groups is 1. The minimum Gasteiger partial charge on any atom is -0.394 e. The summed E-state index contributed by atoms with van der Waals surface area (Å²) in [6.07, 6.45) is 58.3. The van der Waals surface area contributed by atoms with E-state index in [9.17, 15) is 30.3 Å². The van der Waals surface area contributed by atoms with E-state index in [1.165, 1.54) is 38.5 Å². The first-order valence-corrected chi connectivity index (χ1v) is 25.6. The van der Waals surface area contributed by atoms with Crippen LogP contribution < -0.4 is 5.32 Å². The van der Waals surface area contributed by atoms with Crippen LogP contribution in [0.4, 0.5) is 0 Å². The number of nitrogens with one attached hydrogen (secondary N) is 1. The molecule has 370 valence electrons. The fourth-order valence-corrected chi connectivity index (χ4v) is 7.33. The van der Waals surface area contributed by atoms with Gasteiger partial charge in [-0.3, -0.25) is 4.79 Å². The van der Waals surface area contributed by atoms with Gasteiger partial charge in [-0.1, -0.05) is 200 Å². The molecule has 9 nitrogen and oxygen atoms in total. The van der Waals surface area contributed by atoms with Crippen molar-refractivity contribution in [3.05, 3.63) is 109 Å². The molecule has 7 unspecified atom stereocenters. The molecule has 65 heavy (non-hydrogen) atoms. The lowest BCUT2D eigenvalue weighted by Gasteiger charge is -2.40. The van der Waals surface area contributed by atoms with Crippen LogP contribution in [0.25, 0.3) is 0 Å². The van der Waals surface area contributed by atoms with Gasteiger partial charge in [0.1, 0.15) is 24.4 Å². The Labute approximate surface area is 396 Å². The third kappa shape index (κ3) is 34.8. The largest absolute Gasteiger partial charge is 0.394 e. The number of aliphatic hydroxyl groups is 5. The lowest BCUT2D eigenvalue weighted by molar-refractivity contribution is -0.302. The summed E-state index contributed by atoms with van der Waals surface area (Å²) in [6, 6.07) is -0.735. The number of aliphatic hydroxyl groups excluding tert-OH is 5. The molecule has 0 bridgehead atoms. The average Bonchev–Trinajstić information content (AvgIpc) is 3.31. The highest BCUT2D eigenvalue weighted by Gasteiger charge is 2.44. The maximum Gasteiger partial charge on any atom is 0.220 e. The predicted molar refractivity (Wildman–Crippen MR) is 271 cm³/mol. The van der Waals surface area contributed by atoms with E-state index in [4.69, 9.17) is 9.47 Å². The molecule has 0 radical (unpaired) electrons. The first-order valence-electron chi connectivity index (χ1n) is 25.6. The highest BCUT2D eigenvalue weighted by atomic mass is 16.7. The SMILES string of the molecule is CC/C=C\C/C=C\C/C=C\C/C=C\C/C=C\C/C=C\C/C=C\C/C=C\C/C=C\CCCCCCCC(=O)NC(COC1OC(CO)C(O)C(O)C1O)C(O)CCCCCCCCCCC. The Balaban J connectivity index is 2.20. The van der Waals surface area contributed by atoms with Gasteiger partial charge in [0.25, 0.3) is 0 Å². The van der Waals surface area contributed by atoms with Crippen LogP contribution >= 0.6 is 0 Å². The molecule has 9 heteroatoms. The maximum absolute atomic E-state index is 13.0. The normalized spacial score (nSPS) is 20.9. The Kier molecular flexibility index (Phi) is 41.1. The first kappa shape index (κ1) is 59.9. The predicted octanol–water partition coefficient (Wildman–Crippen LogP) is 11.8. The third-order valence-electron chi connectivity index (χ3n) is 11.4. The molecule has 1 rings (SSSR count). The van der Waals surface area contributed by atoms with Crippen LogP contribution in [0.3, 0.4) is 0 Å². The second-order valence-corrected chi connectivity index (χ2v) is 17.2. The van der Waals surface area contributed by atoms with Crippen molar-refractivity contribution in [2.75, 3.05) is 13.2 Å². The third-order valence-corrected chi connectivity index (χ3v) is 11.4. The van der Waals surface area contributed by atoms with E-state index in [0.29, 0.717) is 12.8 Å². The fourth-order valence-electron chi connectivity index (χ4n) is 7.33. The number of hydrogen-bond donors (Lipinski definition) is 6. The molecule has 0 saturated carbocycles. The molecule has 0 spiro atoms. The average molecular weight is 908 g/mol. The van der Waals surface area contributed by atoms with Crippen LogP contribution in [0.1, 0.15) is 181 Å². The second kappa shape index (κ2) is 44.7. The summed E-state index contributed by atoms with van der Waals surface area (Å²) in [6.45, 7) is 3.66. The van der Waals surface area contributed by atoms with Crippen LogP contribution in [0.5, 0.6) is 0 Å². The van der Waals surface area contributed by atoms with Gasteiger partial charge in [-0.05, 0) is 83.5 Å². The first-order chi connectivity index (χ1) is 31.8. The van der Waals surface area contributed by atoms with Crippen molar-refractivity contribution in [3.8, 4) is 0 Å². The van der Waals surface area contributed by atoms with Crippen LogP contribution in [0.15, 0.2) is 109 Å². The lowest BCUT2D eigenvalue weighted by Crippen LogP contribution is -2.60. The topological polar surface area (TPSA) is 149 Å². The summed E-state index contributed by atoms with van der Waals surface area (Å²) >= 11 is 0. The molecule has 7 atom stereocenters. The van der Waals surface area contributed by atoms with Crippen molar-refractivity contribution in [3.63, 3.8) is 0 Å². The van der Waals surface area contributed by atoms with Crippen molar-refractivity contribution >= 4 is 5.91 Å². The number of rotatable bonds is 41. The maximum atomic E-state index is 13.0. The zero-order chi connectivity index (χ0) is 47.3. The van der Waals surface area contributed by atoms with E-state index in [1.807, 2.05) is 0 Å². The van der Waals surface area contributed by atoms with Crippen LogP contribution in [-0.2, 0) is 14.3 Å². The smallest absolute Gasteiger partial charge is 0.220 e. The van der Waals surface area contributed by atoms with Crippen molar-refractivity contribution < 1.29 is 39.8 Å². The molecule has 0 aromatic carbocycles. The van der Waals surface area contributed by atoms with E-state index in [1.54, 1.807) is 0 Å². The summed E-state index contributed by atoms with van der Waals surface area (Å²) in [5.41, 5.74) is 0. The Morgan fingerprint density at radius 1 is 0.538 bits per heavy atom. The molecular formula is C56H93NO8. The van der Waals surface area contributed by atoms with Crippen molar-refractivity contribution in [1.29, 1.82) is 0 Å². The van der Waals surface area contributed by atoms with Gasteiger partial charge in [0, 0.05) is 6.42 Å². The fraction of sp³-hybridized carbons (Fsp3) is 0.661. The Morgan fingerprint density at radius 2 is 0.954 bits per heavy atom. The Bertz CT molecular complexity index is 1380. The molecule has 1 saturated heterocycles. The van der Waals surface area contributed by atoms with Gasteiger partial charge < -0.3 is 40.3 Å². The summed E-state index contributed by atoms with van der Waals surface area (Å²) in [5.74, 6) is -0.171. The Morgan fingerprint density at radius 3 is 1.42 bits per heavy atom. The second-order valence-electron chi connectivity index (χ2n) is 17.2. The molecule has 1 heterocycles. The molecule has 0 aromatic heterocycles. The highest BCUT2D eigenvalue weighted by molar-refractivity contribution is 5.76. The molecular weight excluding hydrogens is 815 g/mol. The molecule has 1 fully saturated rings. The minimum absolute atomic E-state index is 0.154. The quantitative estimate of drug-likeness (QED) is 0.0262. The lowest BCUT2D eigenvalue weighted by atomic mass is 9.99. The zero-order valence-corrected chi connectivity index (χ0v) is 40.7. The summed E-state index contributed by atoms with van der Waals surface area (Å²) in [7, 11) is 0. The van der Waals surface area contributed by atoms with Gasteiger partial charge >= 0.3 is 0 Å². The number of hydrogen-bond acceptors (Lipinski definition) is 8. The number of amides is 1. The summed E-state index contributed by atoms with van der Waals surface area (Å²) in [5, 5.41) is 54.2. The van der Waals surface area contributed by atoms with Gasteiger partial charge in [0.05, 0.1) is 25.4 Å². The van der Waals surface area contributed by atoms with Gasteiger partial charge in [-0.25, -0.2) is 0 Å². The minimum atomic E-state index is -1.56.